The van der Waals surface area contributed by atoms with Crippen molar-refractivity contribution in [2.24, 2.45) is 28.6 Å². The highest BCUT2D eigenvalue weighted by molar-refractivity contribution is 6.03. The molecule has 170 valence electrons. The van der Waals surface area contributed by atoms with Gasteiger partial charge in [-0.2, -0.15) is 0 Å². The summed E-state index contributed by atoms with van der Waals surface area (Å²) in [6, 6.07) is 10.6. The Morgan fingerprint density at radius 1 is 0.938 bits per heavy atom. The number of Topliss-reactive ketones (excluding diaryl/α,β-unsaturated/α-hetero) is 1. The molecular formula is C29H36O3. The molecular weight excluding hydrogens is 396 g/mol. The van der Waals surface area contributed by atoms with E-state index in [-0.39, 0.29) is 28.7 Å². The van der Waals surface area contributed by atoms with Gasteiger partial charge in [-0.25, -0.2) is 0 Å². The minimum absolute atomic E-state index is 0.0190. The molecule has 0 saturated heterocycles. The number of carbonyl (C=O) groups is 2. The van der Waals surface area contributed by atoms with Crippen LogP contribution in [-0.2, 0) is 14.3 Å². The second-order valence-electron chi connectivity index (χ2n) is 11.2. The van der Waals surface area contributed by atoms with E-state index in [4.69, 9.17) is 4.74 Å². The summed E-state index contributed by atoms with van der Waals surface area (Å²) in [5, 5.41) is 0. The molecule has 2 saturated carbocycles. The Kier molecular flexibility index (Phi) is 5.22. The molecule has 1 aromatic carbocycles. The summed E-state index contributed by atoms with van der Waals surface area (Å²) in [5.41, 5.74) is 5.32. The summed E-state index contributed by atoms with van der Waals surface area (Å²) in [5.74, 6) is 1.89. The second-order valence-corrected chi connectivity index (χ2v) is 11.2. The lowest BCUT2D eigenvalue weighted by molar-refractivity contribution is -0.148. The van der Waals surface area contributed by atoms with Crippen LogP contribution in [0.4, 0.5) is 0 Å². The lowest BCUT2D eigenvalue weighted by Gasteiger charge is -2.57. The highest BCUT2D eigenvalue weighted by Crippen LogP contribution is 2.67. The molecule has 0 bridgehead atoms. The normalized spacial score (nSPS) is 38.3. The van der Waals surface area contributed by atoms with E-state index in [1.807, 2.05) is 0 Å². The van der Waals surface area contributed by atoms with Crippen LogP contribution < -0.4 is 0 Å². The molecule has 0 radical (unpaired) electrons. The van der Waals surface area contributed by atoms with E-state index in [1.165, 1.54) is 30.1 Å². The Hall–Kier alpha value is -2.16. The van der Waals surface area contributed by atoms with Crippen molar-refractivity contribution >= 4 is 17.3 Å². The van der Waals surface area contributed by atoms with Crippen LogP contribution in [0.1, 0.15) is 78.2 Å². The number of fused-ring (bicyclic) bond motifs is 5. The molecule has 0 aromatic heterocycles. The maximum Gasteiger partial charge on any atom is 0.302 e. The van der Waals surface area contributed by atoms with Gasteiger partial charge in [0.25, 0.3) is 0 Å². The molecule has 3 nitrogen and oxygen atoms in total. The summed E-state index contributed by atoms with van der Waals surface area (Å²) in [6.45, 7) is 8.13. The van der Waals surface area contributed by atoms with E-state index in [9.17, 15) is 9.59 Å². The van der Waals surface area contributed by atoms with E-state index < -0.39 is 0 Å². The van der Waals surface area contributed by atoms with Gasteiger partial charge in [0.15, 0.2) is 5.78 Å². The molecule has 4 aliphatic carbocycles. The number of carbonyl (C=O) groups excluding carboxylic acids is 2. The van der Waals surface area contributed by atoms with Crippen LogP contribution in [0.5, 0.6) is 0 Å². The number of rotatable bonds is 3. The Morgan fingerprint density at radius 3 is 2.34 bits per heavy atom. The molecule has 0 amide bonds. The van der Waals surface area contributed by atoms with Crippen molar-refractivity contribution in [3.63, 3.8) is 0 Å². The molecule has 0 aliphatic heterocycles. The third-order valence-electron chi connectivity index (χ3n) is 9.55. The highest BCUT2D eigenvalue weighted by Gasteiger charge is 2.58. The number of hydrogen-bond acceptors (Lipinski definition) is 3. The van der Waals surface area contributed by atoms with Crippen molar-refractivity contribution in [1.82, 2.24) is 0 Å². The average molecular weight is 433 g/mol. The van der Waals surface area contributed by atoms with Crippen LogP contribution in [0.2, 0.25) is 0 Å². The summed E-state index contributed by atoms with van der Waals surface area (Å²) in [4.78, 5) is 24.5. The third kappa shape index (κ3) is 3.23. The molecule has 0 spiro atoms. The van der Waals surface area contributed by atoms with Gasteiger partial charge in [-0.1, -0.05) is 55.8 Å². The van der Waals surface area contributed by atoms with Crippen molar-refractivity contribution in [3.8, 4) is 0 Å². The lowest BCUT2D eigenvalue weighted by Crippen LogP contribution is -2.50. The second kappa shape index (κ2) is 7.71. The standard InChI is InChI=1S/C29H36O3/c1-18(30)27-24(20-8-6-5-7-9-20)17-26-23-11-10-21-16-22(32-19(2)31)12-14-28(21,3)25(23)13-15-29(26,27)4/h5-10,22-23,25-26H,11-17H2,1-4H3/t22-,23-,25-,26-,28+,29+/m1/s1. The maximum atomic E-state index is 13.0. The summed E-state index contributed by atoms with van der Waals surface area (Å²) in [6.07, 6.45) is 9.87. The van der Waals surface area contributed by atoms with Crippen LogP contribution >= 0.6 is 0 Å². The van der Waals surface area contributed by atoms with Crippen molar-refractivity contribution < 1.29 is 14.3 Å². The van der Waals surface area contributed by atoms with E-state index in [1.54, 1.807) is 6.92 Å². The predicted molar refractivity (Wildman–Crippen MR) is 127 cm³/mol. The molecule has 3 heteroatoms. The predicted octanol–water partition coefficient (Wildman–Crippen LogP) is 6.53. The van der Waals surface area contributed by atoms with Crippen molar-refractivity contribution in [2.75, 3.05) is 0 Å². The molecule has 0 unspecified atom stereocenters. The number of ketones is 1. The lowest BCUT2D eigenvalue weighted by atomic mass is 9.47. The fraction of sp³-hybridized carbons (Fsp3) is 0.586. The first kappa shape index (κ1) is 21.7. The smallest absolute Gasteiger partial charge is 0.302 e. The molecule has 4 aliphatic rings. The Labute approximate surface area is 192 Å². The minimum atomic E-state index is -0.163. The van der Waals surface area contributed by atoms with Crippen LogP contribution in [0.25, 0.3) is 5.57 Å². The molecule has 2 fully saturated rings. The van der Waals surface area contributed by atoms with E-state index in [2.05, 4.69) is 50.3 Å². The fourth-order valence-corrected chi connectivity index (χ4v) is 8.15. The highest BCUT2D eigenvalue weighted by atomic mass is 16.5. The van der Waals surface area contributed by atoms with E-state index in [0.29, 0.717) is 17.8 Å². The molecule has 5 rings (SSSR count). The van der Waals surface area contributed by atoms with Gasteiger partial charge in [0.1, 0.15) is 6.10 Å². The minimum Gasteiger partial charge on any atom is -0.462 e. The van der Waals surface area contributed by atoms with Gasteiger partial charge in [-0.05, 0) is 85.2 Å². The SMILES string of the molecule is CC(=O)O[C@@H]1CC[C@@]2(C)C(=CC[C@@H]3[C@H]2CC[C@]2(C)C(C(C)=O)=C(c4ccccc4)C[C@H]32)C1. The van der Waals surface area contributed by atoms with Gasteiger partial charge in [0.2, 0.25) is 0 Å². The zero-order chi connectivity index (χ0) is 22.7. The number of ether oxygens (including phenoxy) is 1. The monoisotopic (exact) mass is 432 g/mol. The number of benzene rings is 1. The largest absolute Gasteiger partial charge is 0.462 e. The van der Waals surface area contributed by atoms with Gasteiger partial charge in [-0.15, -0.1) is 0 Å². The first-order valence-electron chi connectivity index (χ1n) is 12.4. The molecule has 6 atom stereocenters. The zero-order valence-electron chi connectivity index (χ0n) is 19.9. The van der Waals surface area contributed by atoms with Crippen LogP contribution in [0.3, 0.4) is 0 Å². The van der Waals surface area contributed by atoms with Crippen LogP contribution in [-0.4, -0.2) is 17.9 Å². The molecule has 0 heterocycles. The summed E-state index contributed by atoms with van der Waals surface area (Å²) < 4.78 is 5.59. The van der Waals surface area contributed by atoms with Gasteiger partial charge in [-0.3, -0.25) is 9.59 Å². The zero-order valence-corrected chi connectivity index (χ0v) is 19.9. The van der Waals surface area contributed by atoms with Crippen LogP contribution in [0.15, 0.2) is 47.6 Å². The molecule has 0 N–H and O–H groups in total. The average Bonchev–Trinajstić information content (AvgIpc) is 3.08. The topological polar surface area (TPSA) is 43.4 Å². The van der Waals surface area contributed by atoms with Gasteiger partial charge in [0.05, 0.1) is 0 Å². The summed E-state index contributed by atoms with van der Waals surface area (Å²) >= 11 is 0. The fourth-order valence-electron chi connectivity index (χ4n) is 8.15. The first-order chi connectivity index (χ1) is 15.2. The Balaban J connectivity index is 1.48. The van der Waals surface area contributed by atoms with Gasteiger partial charge in [0, 0.05) is 18.9 Å². The Bertz CT molecular complexity index is 1000. The Morgan fingerprint density at radius 2 is 1.66 bits per heavy atom. The quantitative estimate of drug-likeness (QED) is 0.403. The molecule has 32 heavy (non-hydrogen) atoms. The summed E-state index contributed by atoms with van der Waals surface area (Å²) in [7, 11) is 0. The number of allylic oxidation sites excluding steroid dienone is 3. The third-order valence-corrected chi connectivity index (χ3v) is 9.55. The van der Waals surface area contributed by atoms with Crippen molar-refractivity contribution in [2.45, 2.75) is 78.7 Å². The van der Waals surface area contributed by atoms with Gasteiger partial charge < -0.3 is 4.74 Å². The number of esters is 1. The van der Waals surface area contributed by atoms with Crippen LogP contribution in [0, 0.1) is 28.6 Å². The van der Waals surface area contributed by atoms with Crippen molar-refractivity contribution in [3.05, 3.63) is 53.1 Å². The van der Waals surface area contributed by atoms with E-state index in [0.717, 1.165) is 44.1 Å². The maximum absolute atomic E-state index is 13.0. The van der Waals surface area contributed by atoms with Gasteiger partial charge >= 0.3 is 5.97 Å². The first-order valence-corrected chi connectivity index (χ1v) is 12.4. The van der Waals surface area contributed by atoms with Crippen molar-refractivity contribution in [1.29, 1.82) is 0 Å². The van der Waals surface area contributed by atoms with E-state index >= 15 is 0 Å². The molecule has 1 aromatic rings. The number of hydrogen-bond donors (Lipinski definition) is 0.